The second-order valence-electron chi connectivity index (χ2n) is 6.17. The van der Waals surface area contributed by atoms with E-state index in [2.05, 4.69) is 0 Å². The fourth-order valence-corrected chi connectivity index (χ4v) is 6.84. The van der Waals surface area contributed by atoms with Gasteiger partial charge in [-0.2, -0.15) is 4.31 Å². The summed E-state index contributed by atoms with van der Waals surface area (Å²) < 4.78 is 27.2. The fourth-order valence-electron chi connectivity index (χ4n) is 4.35. The topological polar surface area (TPSA) is 37.4 Å². The van der Waals surface area contributed by atoms with Crippen molar-refractivity contribution in [1.82, 2.24) is 4.31 Å². The molecule has 0 unspecified atom stereocenters. The Morgan fingerprint density at radius 1 is 1.05 bits per heavy atom. The summed E-state index contributed by atoms with van der Waals surface area (Å²) in [5, 5.41) is 0.724. The van der Waals surface area contributed by atoms with Crippen LogP contribution in [-0.2, 0) is 10.0 Å². The summed E-state index contributed by atoms with van der Waals surface area (Å²) in [4.78, 5) is 0.219. The van der Waals surface area contributed by atoms with Gasteiger partial charge in [0.2, 0.25) is 10.0 Å². The summed E-state index contributed by atoms with van der Waals surface area (Å²) in [6.07, 6.45) is 3.66. The van der Waals surface area contributed by atoms with Crippen molar-refractivity contribution in [1.29, 1.82) is 0 Å². The molecule has 108 valence electrons. The van der Waals surface area contributed by atoms with Crippen molar-refractivity contribution in [2.24, 2.45) is 17.8 Å². The minimum atomic E-state index is -3.46. The van der Waals surface area contributed by atoms with Gasteiger partial charge in [0.05, 0.1) is 4.90 Å². The van der Waals surface area contributed by atoms with Gasteiger partial charge in [0.25, 0.3) is 0 Å². The minimum Gasteiger partial charge on any atom is -0.207 e. The second kappa shape index (κ2) is 4.35. The van der Waals surface area contributed by atoms with E-state index in [0.717, 1.165) is 5.92 Å². The maximum atomic E-state index is 12.7. The molecule has 2 bridgehead atoms. The van der Waals surface area contributed by atoms with Crippen LogP contribution in [0.4, 0.5) is 0 Å². The van der Waals surface area contributed by atoms with E-state index < -0.39 is 10.0 Å². The lowest BCUT2D eigenvalue weighted by atomic mass is 9.79. The van der Waals surface area contributed by atoms with Gasteiger partial charge < -0.3 is 0 Å². The zero-order valence-corrected chi connectivity index (χ0v) is 13.1. The van der Waals surface area contributed by atoms with E-state index in [0.29, 0.717) is 28.4 Å². The molecule has 1 aromatic rings. The van der Waals surface area contributed by atoms with Gasteiger partial charge in [0.15, 0.2) is 0 Å². The van der Waals surface area contributed by atoms with Gasteiger partial charge in [-0.05, 0) is 55.2 Å². The lowest BCUT2D eigenvalue weighted by molar-refractivity contribution is 0.0507. The Morgan fingerprint density at radius 2 is 1.70 bits per heavy atom. The smallest absolute Gasteiger partial charge is 0.207 e. The van der Waals surface area contributed by atoms with Crippen LogP contribution < -0.4 is 0 Å². The molecule has 1 aromatic carbocycles. The first-order valence-corrected chi connectivity index (χ1v) is 9.14. The zero-order chi connectivity index (χ0) is 14.1. The number of sulfonamides is 1. The summed E-state index contributed by atoms with van der Waals surface area (Å²) in [5.41, 5.74) is 0. The van der Waals surface area contributed by atoms with Crippen LogP contribution in [0.5, 0.6) is 0 Å². The van der Waals surface area contributed by atoms with E-state index in [9.17, 15) is 8.42 Å². The van der Waals surface area contributed by atoms with Gasteiger partial charge in [-0.15, -0.1) is 0 Å². The molecule has 2 saturated carbocycles. The van der Waals surface area contributed by atoms with E-state index in [-0.39, 0.29) is 10.9 Å². The molecule has 4 rings (SSSR count). The van der Waals surface area contributed by atoms with Gasteiger partial charge in [0, 0.05) is 22.6 Å². The van der Waals surface area contributed by atoms with Crippen LogP contribution in [0, 0.1) is 17.8 Å². The van der Waals surface area contributed by atoms with Gasteiger partial charge >= 0.3 is 0 Å². The van der Waals surface area contributed by atoms with Crippen molar-refractivity contribution in [2.45, 2.75) is 30.2 Å². The third-order valence-corrected chi connectivity index (χ3v) is 7.48. The molecule has 3 fully saturated rings. The van der Waals surface area contributed by atoms with Crippen molar-refractivity contribution < 1.29 is 8.42 Å². The summed E-state index contributed by atoms with van der Waals surface area (Å²) in [7, 11) is -3.46. The average Bonchev–Trinajstić information content (AvgIpc) is 2.83. The van der Waals surface area contributed by atoms with Gasteiger partial charge in [0.1, 0.15) is 0 Å². The highest BCUT2D eigenvalue weighted by atomic mass is 35.5. The van der Waals surface area contributed by atoms with Crippen LogP contribution in [0.15, 0.2) is 23.1 Å². The monoisotopic (exact) mass is 331 g/mol. The summed E-state index contributed by atoms with van der Waals surface area (Å²) in [6.45, 7) is 0.665. The predicted molar refractivity (Wildman–Crippen MR) is 78.5 cm³/mol. The van der Waals surface area contributed by atoms with Crippen LogP contribution >= 0.6 is 23.2 Å². The van der Waals surface area contributed by atoms with Crippen LogP contribution in [0.2, 0.25) is 10.0 Å². The van der Waals surface area contributed by atoms with Crippen molar-refractivity contribution in [3.05, 3.63) is 28.2 Å². The van der Waals surface area contributed by atoms with Gasteiger partial charge in [-0.1, -0.05) is 23.2 Å². The highest BCUT2D eigenvalue weighted by Crippen LogP contribution is 2.56. The Balaban J connectivity index is 1.68. The Bertz CT molecular complexity index is 654. The standard InChI is InChI=1S/C14H15Cl2NO2S/c15-10-4-11(16)6-12(5-10)20(18,19)17-7-13-8-1-2-9(3-8)14(13)17/h4-6,8-9,13-14H,1-3,7H2/t8-,9-,13-,14+/m0/s1. The number of hydrogen-bond acceptors (Lipinski definition) is 2. The Kier molecular flexibility index (Phi) is 2.91. The number of hydrogen-bond donors (Lipinski definition) is 0. The Hall–Kier alpha value is -0.290. The summed E-state index contributed by atoms with van der Waals surface area (Å²) >= 11 is 11.9. The maximum absolute atomic E-state index is 12.7. The third kappa shape index (κ3) is 1.78. The first kappa shape index (κ1) is 13.4. The summed E-state index contributed by atoms with van der Waals surface area (Å²) in [5.74, 6) is 1.89. The van der Waals surface area contributed by atoms with Crippen molar-refractivity contribution in [2.75, 3.05) is 6.54 Å². The highest BCUT2D eigenvalue weighted by Gasteiger charge is 2.59. The third-order valence-electron chi connectivity index (χ3n) is 5.21. The molecule has 0 spiro atoms. The molecule has 3 nitrogen and oxygen atoms in total. The fraction of sp³-hybridized carbons (Fsp3) is 0.571. The first-order chi connectivity index (χ1) is 9.46. The number of rotatable bonds is 2. The second-order valence-corrected chi connectivity index (χ2v) is 8.93. The molecule has 20 heavy (non-hydrogen) atoms. The molecule has 1 saturated heterocycles. The van der Waals surface area contributed by atoms with E-state index >= 15 is 0 Å². The average molecular weight is 332 g/mol. The molecule has 2 aliphatic carbocycles. The molecule has 0 aromatic heterocycles. The lowest BCUT2D eigenvalue weighted by Crippen LogP contribution is -2.60. The normalized spacial score (nSPS) is 35.9. The number of benzene rings is 1. The van der Waals surface area contributed by atoms with Crippen LogP contribution in [0.3, 0.4) is 0 Å². The quantitative estimate of drug-likeness (QED) is 0.832. The SMILES string of the molecule is O=S(=O)(c1cc(Cl)cc(Cl)c1)N1C[C@H]2[C@H]3CC[C@@H](C3)[C@H]21. The number of nitrogens with zero attached hydrogens (tertiary/aromatic N) is 1. The molecule has 4 atom stereocenters. The number of fused-ring (bicyclic) bond motifs is 5. The lowest BCUT2D eigenvalue weighted by Gasteiger charge is -2.49. The van der Waals surface area contributed by atoms with E-state index in [1.807, 2.05) is 0 Å². The molecular weight excluding hydrogens is 317 g/mol. The molecule has 0 N–H and O–H groups in total. The molecule has 0 radical (unpaired) electrons. The molecule has 6 heteroatoms. The molecular formula is C14H15Cl2NO2S. The zero-order valence-electron chi connectivity index (χ0n) is 10.8. The van der Waals surface area contributed by atoms with Crippen LogP contribution in [-0.4, -0.2) is 25.3 Å². The van der Waals surface area contributed by atoms with Crippen molar-refractivity contribution >= 4 is 33.2 Å². The van der Waals surface area contributed by atoms with E-state index in [4.69, 9.17) is 23.2 Å². The Morgan fingerprint density at radius 3 is 2.35 bits per heavy atom. The highest BCUT2D eigenvalue weighted by molar-refractivity contribution is 7.89. The van der Waals surface area contributed by atoms with Crippen molar-refractivity contribution in [3.8, 4) is 0 Å². The largest absolute Gasteiger partial charge is 0.243 e. The molecule has 1 heterocycles. The number of halogens is 2. The van der Waals surface area contributed by atoms with Crippen LogP contribution in [0.25, 0.3) is 0 Å². The molecule has 0 amide bonds. The molecule has 1 aliphatic heterocycles. The summed E-state index contributed by atoms with van der Waals surface area (Å²) in [6, 6.07) is 4.75. The minimum absolute atomic E-state index is 0.219. The first-order valence-electron chi connectivity index (χ1n) is 6.95. The van der Waals surface area contributed by atoms with Crippen LogP contribution in [0.1, 0.15) is 19.3 Å². The Labute approximate surface area is 128 Å². The van der Waals surface area contributed by atoms with Gasteiger partial charge in [-0.25, -0.2) is 8.42 Å². The maximum Gasteiger partial charge on any atom is 0.243 e. The molecule has 3 aliphatic rings. The predicted octanol–water partition coefficient (Wildman–Crippen LogP) is 3.41. The van der Waals surface area contributed by atoms with E-state index in [1.54, 1.807) is 10.4 Å². The van der Waals surface area contributed by atoms with Gasteiger partial charge in [-0.3, -0.25) is 0 Å². The van der Waals surface area contributed by atoms with Crippen molar-refractivity contribution in [3.63, 3.8) is 0 Å². The van der Waals surface area contributed by atoms with E-state index in [1.165, 1.54) is 31.4 Å².